The van der Waals surface area contributed by atoms with Gasteiger partial charge < -0.3 is 14.6 Å². The van der Waals surface area contributed by atoms with Crippen molar-refractivity contribution >= 4 is 0 Å². The van der Waals surface area contributed by atoms with E-state index in [9.17, 15) is 0 Å². The molecule has 1 N–H and O–H groups in total. The van der Waals surface area contributed by atoms with Crippen LogP contribution in [0.1, 0.15) is 59.4 Å². The fourth-order valence-electron chi connectivity index (χ4n) is 2.23. The Balaban J connectivity index is 2.80. The molecule has 20 heavy (non-hydrogen) atoms. The third-order valence-electron chi connectivity index (χ3n) is 3.46. The summed E-state index contributed by atoms with van der Waals surface area (Å²) < 4.78 is 11.1. The van der Waals surface area contributed by atoms with Gasteiger partial charge in [0, 0.05) is 19.1 Å². The van der Waals surface area contributed by atoms with Crippen molar-refractivity contribution in [1.29, 1.82) is 0 Å². The molecule has 1 aromatic heterocycles. The van der Waals surface area contributed by atoms with Crippen molar-refractivity contribution in [3.05, 3.63) is 11.7 Å². The van der Waals surface area contributed by atoms with Gasteiger partial charge in [0.1, 0.15) is 6.10 Å². The average molecular weight is 283 g/mol. The molecule has 1 aromatic rings. The Morgan fingerprint density at radius 2 is 1.95 bits per heavy atom. The molecule has 0 radical (unpaired) electrons. The lowest BCUT2D eigenvalue weighted by atomic mass is 9.85. The third kappa shape index (κ3) is 4.56. The van der Waals surface area contributed by atoms with Gasteiger partial charge in [0.15, 0.2) is 0 Å². The van der Waals surface area contributed by atoms with Crippen LogP contribution in [0.4, 0.5) is 0 Å². The second kappa shape index (κ2) is 7.18. The Labute approximate surface area is 122 Å². The quantitative estimate of drug-likeness (QED) is 0.833. The maximum absolute atomic E-state index is 5.70. The molecule has 2 unspecified atom stereocenters. The van der Waals surface area contributed by atoms with E-state index >= 15 is 0 Å². The predicted octanol–water partition coefficient (Wildman–Crippen LogP) is 2.98. The van der Waals surface area contributed by atoms with Crippen molar-refractivity contribution in [3.8, 4) is 0 Å². The van der Waals surface area contributed by atoms with Gasteiger partial charge in [0.25, 0.3) is 0 Å². The number of hydrogen-bond donors (Lipinski definition) is 1. The van der Waals surface area contributed by atoms with E-state index in [1.807, 2.05) is 14.0 Å². The number of nitrogens with one attached hydrogen (secondary N) is 1. The SMILES string of the molecule is CCOC(c1noc(CC(NC)C(C)(C)C)n1)C(C)C. The maximum atomic E-state index is 5.70. The molecule has 0 spiro atoms. The number of likely N-dealkylation sites (N-methyl/N-ethyl adjacent to an activating group) is 1. The number of aromatic nitrogens is 2. The summed E-state index contributed by atoms with van der Waals surface area (Å²) in [5.74, 6) is 1.64. The van der Waals surface area contributed by atoms with Crippen LogP contribution >= 0.6 is 0 Å². The lowest BCUT2D eigenvalue weighted by Crippen LogP contribution is -2.39. The first kappa shape index (κ1) is 17.1. The van der Waals surface area contributed by atoms with Crippen LogP contribution in [0.25, 0.3) is 0 Å². The van der Waals surface area contributed by atoms with Gasteiger partial charge in [-0.3, -0.25) is 0 Å². The predicted molar refractivity (Wildman–Crippen MR) is 79.5 cm³/mol. The Morgan fingerprint density at radius 1 is 1.30 bits per heavy atom. The maximum Gasteiger partial charge on any atom is 0.228 e. The van der Waals surface area contributed by atoms with Crippen molar-refractivity contribution < 1.29 is 9.26 Å². The van der Waals surface area contributed by atoms with E-state index < -0.39 is 0 Å². The van der Waals surface area contributed by atoms with Crippen LogP contribution in [-0.4, -0.2) is 29.8 Å². The zero-order valence-electron chi connectivity index (χ0n) is 13.9. The number of rotatable bonds is 7. The van der Waals surface area contributed by atoms with Crippen molar-refractivity contribution in [3.63, 3.8) is 0 Å². The number of nitrogens with zero attached hydrogens (tertiary/aromatic N) is 2. The first-order valence-electron chi connectivity index (χ1n) is 7.40. The summed E-state index contributed by atoms with van der Waals surface area (Å²) >= 11 is 0. The van der Waals surface area contributed by atoms with Crippen LogP contribution in [0.15, 0.2) is 4.52 Å². The van der Waals surface area contributed by atoms with Gasteiger partial charge in [-0.05, 0) is 25.3 Å². The van der Waals surface area contributed by atoms with Gasteiger partial charge in [-0.15, -0.1) is 0 Å². The lowest BCUT2D eigenvalue weighted by Gasteiger charge is -2.29. The minimum Gasteiger partial charge on any atom is -0.370 e. The summed E-state index contributed by atoms with van der Waals surface area (Å²) in [6.45, 7) is 13.4. The Kier molecular flexibility index (Phi) is 6.14. The summed E-state index contributed by atoms with van der Waals surface area (Å²) in [4.78, 5) is 4.51. The monoisotopic (exact) mass is 283 g/mol. The number of ether oxygens (including phenoxy) is 1. The van der Waals surface area contributed by atoms with E-state index in [1.165, 1.54) is 0 Å². The van der Waals surface area contributed by atoms with Gasteiger partial charge in [-0.25, -0.2) is 0 Å². The fraction of sp³-hybridized carbons (Fsp3) is 0.867. The normalized spacial score (nSPS) is 15.6. The Morgan fingerprint density at radius 3 is 2.40 bits per heavy atom. The van der Waals surface area contributed by atoms with Gasteiger partial charge in [-0.2, -0.15) is 4.98 Å². The molecule has 1 rings (SSSR count). The minimum absolute atomic E-state index is 0.0971. The van der Waals surface area contributed by atoms with E-state index in [1.54, 1.807) is 0 Å². The third-order valence-corrected chi connectivity index (χ3v) is 3.46. The highest BCUT2D eigenvalue weighted by molar-refractivity contribution is 4.96. The molecule has 0 bridgehead atoms. The van der Waals surface area contributed by atoms with Crippen LogP contribution in [0.2, 0.25) is 0 Å². The zero-order chi connectivity index (χ0) is 15.3. The molecular formula is C15H29N3O2. The largest absolute Gasteiger partial charge is 0.370 e. The summed E-state index contributed by atoms with van der Waals surface area (Å²) in [6.07, 6.45) is 0.629. The molecule has 0 aliphatic carbocycles. The van der Waals surface area contributed by atoms with E-state index in [0.29, 0.717) is 30.3 Å². The van der Waals surface area contributed by atoms with Crippen molar-refractivity contribution in [2.24, 2.45) is 11.3 Å². The molecule has 1 heterocycles. The van der Waals surface area contributed by atoms with Crippen LogP contribution < -0.4 is 5.32 Å². The molecule has 2 atom stereocenters. The highest BCUT2D eigenvalue weighted by Gasteiger charge is 2.27. The molecule has 0 saturated carbocycles. The van der Waals surface area contributed by atoms with Crippen LogP contribution in [-0.2, 0) is 11.2 Å². The van der Waals surface area contributed by atoms with E-state index in [4.69, 9.17) is 9.26 Å². The minimum atomic E-state index is -0.0971. The van der Waals surface area contributed by atoms with Crippen molar-refractivity contribution in [1.82, 2.24) is 15.5 Å². The lowest BCUT2D eigenvalue weighted by molar-refractivity contribution is 0.0217. The Bertz CT molecular complexity index is 396. The molecule has 0 aliphatic heterocycles. The molecule has 5 heteroatoms. The summed E-state index contributed by atoms with van der Waals surface area (Å²) in [5, 5.41) is 7.40. The zero-order valence-corrected chi connectivity index (χ0v) is 13.9. The van der Waals surface area contributed by atoms with Gasteiger partial charge in [-0.1, -0.05) is 39.8 Å². The highest BCUT2D eigenvalue weighted by Crippen LogP contribution is 2.25. The van der Waals surface area contributed by atoms with Gasteiger partial charge in [0.05, 0.1) is 0 Å². The smallest absolute Gasteiger partial charge is 0.228 e. The molecule has 0 aliphatic rings. The van der Waals surface area contributed by atoms with Crippen molar-refractivity contribution in [2.75, 3.05) is 13.7 Å². The topological polar surface area (TPSA) is 60.2 Å². The molecule has 5 nitrogen and oxygen atoms in total. The summed E-state index contributed by atoms with van der Waals surface area (Å²) in [6, 6.07) is 0.292. The van der Waals surface area contributed by atoms with E-state index in [0.717, 1.165) is 6.42 Å². The second-order valence-corrected chi connectivity index (χ2v) is 6.58. The van der Waals surface area contributed by atoms with E-state index in [-0.39, 0.29) is 11.5 Å². The van der Waals surface area contributed by atoms with Crippen LogP contribution in [0.3, 0.4) is 0 Å². The standard InChI is InChI=1S/C15H29N3O2/c1-8-19-13(10(2)3)14-17-12(20-18-14)9-11(16-7)15(4,5)6/h10-11,13,16H,8-9H2,1-7H3. The second-order valence-electron chi connectivity index (χ2n) is 6.58. The molecule has 116 valence electrons. The average Bonchev–Trinajstić information content (AvgIpc) is 2.79. The van der Waals surface area contributed by atoms with Gasteiger partial charge in [0.2, 0.25) is 11.7 Å². The Hall–Kier alpha value is -0.940. The van der Waals surface area contributed by atoms with Crippen LogP contribution in [0.5, 0.6) is 0 Å². The highest BCUT2D eigenvalue weighted by atomic mass is 16.5. The number of hydrogen-bond acceptors (Lipinski definition) is 5. The fourth-order valence-corrected chi connectivity index (χ4v) is 2.23. The molecular weight excluding hydrogens is 254 g/mol. The molecule has 0 fully saturated rings. The summed E-state index contributed by atoms with van der Waals surface area (Å²) in [7, 11) is 1.96. The molecule has 0 saturated heterocycles. The molecule has 0 amide bonds. The summed E-state index contributed by atoms with van der Waals surface area (Å²) in [5.41, 5.74) is 0.140. The van der Waals surface area contributed by atoms with E-state index in [2.05, 4.69) is 50.1 Å². The molecule has 0 aromatic carbocycles. The first-order valence-corrected chi connectivity index (χ1v) is 7.40. The van der Waals surface area contributed by atoms with Crippen LogP contribution in [0, 0.1) is 11.3 Å². The van der Waals surface area contributed by atoms with Crippen molar-refractivity contribution in [2.45, 2.75) is 60.1 Å². The van der Waals surface area contributed by atoms with Gasteiger partial charge >= 0.3 is 0 Å². The first-order chi connectivity index (χ1) is 9.29.